The second-order valence-corrected chi connectivity index (χ2v) is 8.34. The zero-order valence-corrected chi connectivity index (χ0v) is 17.9. The summed E-state index contributed by atoms with van der Waals surface area (Å²) in [4.78, 5) is 0. The first-order valence-electron chi connectivity index (χ1n) is 9.15. The maximum Gasteiger partial charge on any atom is 0.137 e. The van der Waals surface area contributed by atoms with Crippen molar-refractivity contribution >= 4 is 33.2 Å². The van der Waals surface area contributed by atoms with Gasteiger partial charge in [0.1, 0.15) is 17.7 Å². The highest BCUT2D eigenvalue weighted by atomic mass is 79.9. The summed E-state index contributed by atoms with van der Waals surface area (Å²) in [6.07, 6.45) is 1.72. The molecular formula is C23H19BrClFN2O. The van der Waals surface area contributed by atoms with Gasteiger partial charge in [-0.3, -0.25) is 5.32 Å². The number of aromatic hydroxyl groups is 1. The van der Waals surface area contributed by atoms with E-state index in [1.165, 1.54) is 11.6 Å². The lowest BCUT2D eigenvalue weighted by Crippen LogP contribution is -2.39. The number of phenols is 1. The number of phenolic OH excluding ortho intramolecular Hbond substituents is 1. The summed E-state index contributed by atoms with van der Waals surface area (Å²) in [6.45, 7) is 2.04. The molecule has 0 saturated heterocycles. The van der Waals surface area contributed by atoms with Gasteiger partial charge in [-0.2, -0.15) is 0 Å². The minimum absolute atomic E-state index is 0.160. The van der Waals surface area contributed by atoms with Crippen molar-refractivity contribution in [2.24, 2.45) is 0 Å². The molecule has 1 aliphatic rings. The maximum absolute atomic E-state index is 13.7. The van der Waals surface area contributed by atoms with Crippen molar-refractivity contribution in [3.05, 3.63) is 104 Å². The van der Waals surface area contributed by atoms with Gasteiger partial charge in [-0.25, -0.2) is 4.39 Å². The van der Waals surface area contributed by atoms with Crippen LogP contribution < -0.4 is 10.6 Å². The number of hydrogen-bond donors (Lipinski definition) is 3. The Labute approximate surface area is 182 Å². The number of hydrogen-bond acceptors (Lipinski definition) is 3. The fourth-order valence-corrected chi connectivity index (χ4v) is 3.95. The number of benzene rings is 3. The zero-order valence-electron chi connectivity index (χ0n) is 15.6. The van der Waals surface area contributed by atoms with Crippen LogP contribution in [0, 0.1) is 12.7 Å². The molecule has 0 aromatic heterocycles. The molecule has 0 fully saturated rings. The zero-order chi connectivity index (χ0) is 20.5. The lowest BCUT2D eigenvalue weighted by Gasteiger charge is -2.33. The summed E-state index contributed by atoms with van der Waals surface area (Å²) < 4.78 is 14.1. The third-order valence-electron chi connectivity index (χ3n) is 4.94. The Bertz CT molecular complexity index is 1080. The molecule has 1 heterocycles. The third-order valence-corrected chi connectivity index (χ3v) is 5.79. The molecule has 3 aromatic rings. The van der Waals surface area contributed by atoms with Gasteiger partial charge in [0.15, 0.2) is 0 Å². The fourth-order valence-electron chi connectivity index (χ4n) is 3.38. The first kappa shape index (κ1) is 20.0. The maximum atomic E-state index is 13.7. The van der Waals surface area contributed by atoms with Crippen molar-refractivity contribution in [2.45, 2.75) is 19.1 Å². The minimum Gasteiger partial charge on any atom is -0.508 e. The van der Waals surface area contributed by atoms with E-state index >= 15 is 0 Å². The molecule has 3 nitrogen and oxygen atoms in total. The monoisotopic (exact) mass is 472 g/mol. The van der Waals surface area contributed by atoms with Crippen molar-refractivity contribution in [2.75, 3.05) is 0 Å². The van der Waals surface area contributed by atoms with Gasteiger partial charge in [0, 0.05) is 16.3 Å². The predicted molar refractivity (Wildman–Crippen MR) is 118 cm³/mol. The minimum atomic E-state index is -0.317. The summed E-state index contributed by atoms with van der Waals surface area (Å²) >= 11 is 9.43. The number of aryl methyl sites for hydroxylation is 1. The van der Waals surface area contributed by atoms with E-state index in [-0.39, 0.29) is 23.8 Å². The van der Waals surface area contributed by atoms with Crippen LogP contribution in [0.15, 0.2) is 71.2 Å². The quantitative estimate of drug-likeness (QED) is 0.422. The Balaban J connectivity index is 1.78. The van der Waals surface area contributed by atoms with E-state index in [1.54, 1.807) is 30.3 Å². The van der Waals surface area contributed by atoms with Crippen LogP contribution in [-0.2, 0) is 0 Å². The van der Waals surface area contributed by atoms with E-state index in [1.807, 2.05) is 25.1 Å². The largest absolute Gasteiger partial charge is 0.508 e. The van der Waals surface area contributed by atoms with Crippen LogP contribution in [0.3, 0.4) is 0 Å². The molecule has 4 rings (SSSR count). The summed E-state index contributed by atoms with van der Waals surface area (Å²) in [5.41, 5.74) is 4.65. The Morgan fingerprint density at radius 3 is 2.52 bits per heavy atom. The Morgan fingerprint density at radius 2 is 1.79 bits per heavy atom. The van der Waals surface area contributed by atoms with Crippen molar-refractivity contribution in [3.8, 4) is 5.75 Å². The van der Waals surface area contributed by atoms with Gasteiger partial charge in [0.25, 0.3) is 0 Å². The highest BCUT2D eigenvalue weighted by Crippen LogP contribution is 2.35. The average molecular weight is 474 g/mol. The molecular weight excluding hydrogens is 455 g/mol. The van der Waals surface area contributed by atoms with Crippen LogP contribution in [0.4, 0.5) is 4.39 Å². The highest BCUT2D eigenvalue weighted by molar-refractivity contribution is 9.10. The van der Waals surface area contributed by atoms with Gasteiger partial charge < -0.3 is 10.4 Å². The SMILES string of the molecule is Cc1ccc(C2=CC(c3cc(Cl)ccc3O)NC(c3ccc(F)c(Br)c3)N2)cc1. The molecule has 0 radical (unpaired) electrons. The molecule has 3 N–H and O–H groups in total. The van der Waals surface area contributed by atoms with Gasteiger partial charge in [0.2, 0.25) is 0 Å². The van der Waals surface area contributed by atoms with Gasteiger partial charge >= 0.3 is 0 Å². The first-order valence-corrected chi connectivity index (χ1v) is 10.3. The Kier molecular flexibility index (Phi) is 5.63. The number of rotatable bonds is 3. The molecule has 0 bridgehead atoms. The normalized spacial score (nSPS) is 18.8. The molecule has 3 aromatic carbocycles. The summed E-state index contributed by atoms with van der Waals surface area (Å²) in [7, 11) is 0. The van der Waals surface area contributed by atoms with Gasteiger partial charge in [-0.15, -0.1) is 0 Å². The van der Waals surface area contributed by atoms with Gasteiger partial charge in [-0.1, -0.05) is 47.5 Å². The molecule has 0 aliphatic carbocycles. The Hall–Kier alpha value is -2.34. The molecule has 2 atom stereocenters. The summed E-state index contributed by atoms with van der Waals surface area (Å²) in [5, 5.41) is 17.9. The molecule has 0 amide bonds. The van der Waals surface area contributed by atoms with Gasteiger partial charge in [0.05, 0.1) is 10.5 Å². The summed E-state index contributed by atoms with van der Waals surface area (Å²) in [5.74, 6) is -0.157. The van der Waals surface area contributed by atoms with E-state index in [4.69, 9.17) is 11.6 Å². The van der Waals surface area contributed by atoms with Crippen LogP contribution in [0.25, 0.3) is 5.70 Å². The number of nitrogens with one attached hydrogen (secondary N) is 2. The third kappa shape index (κ3) is 4.32. The van der Waals surface area contributed by atoms with Crippen molar-refractivity contribution in [1.29, 1.82) is 0 Å². The van der Waals surface area contributed by atoms with Crippen molar-refractivity contribution in [1.82, 2.24) is 10.6 Å². The predicted octanol–water partition coefficient (Wildman–Crippen LogP) is 6.23. The van der Waals surface area contributed by atoms with Crippen molar-refractivity contribution < 1.29 is 9.50 Å². The molecule has 29 heavy (non-hydrogen) atoms. The highest BCUT2D eigenvalue weighted by Gasteiger charge is 2.26. The van der Waals surface area contributed by atoms with Crippen molar-refractivity contribution in [3.63, 3.8) is 0 Å². The summed E-state index contributed by atoms with van der Waals surface area (Å²) in [6, 6.07) is 17.8. The second-order valence-electron chi connectivity index (χ2n) is 7.04. The Morgan fingerprint density at radius 1 is 1.03 bits per heavy atom. The topological polar surface area (TPSA) is 44.3 Å². The van der Waals surface area contributed by atoms with Crippen LogP contribution in [-0.4, -0.2) is 5.11 Å². The standard InChI is InChI=1S/C23H19BrClFN2O/c1-13-2-4-14(5-3-13)20-12-21(17-11-16(25)7-9-22(17)29)28-23(27-20)15-6-8-19(26)18(24)10-15/h2-12,21,23,27-29H,1H3. The molecule has 6 heteroatoms. The first-order chi connectivity index (χ1) is 13.9. The van der Waals surface area contributed by atoms with Crippen LogP contribution in [0.2, 0.25) is 5.02 Å². The molecule has 1 aliphatic heterocycles. The van der Waals surface area contributed by atoms with E-state index in [0.717, 1.165) is 16.8 Å². The molecule has 2 unspecified atom stereocenters. The fraction of sp³-hybridized carbons (Fsp3) is 0.130. The van der Waals surface area contributed by atoms with Crippen LogP contribution in [0.5, 0.6) is 5.75 Å². The van der Waals surface area contributed by atoms with Crippen LogP contribution >= 0.6 is 27.5 Å². The van der Waals surface area contributed by atoms with E-state index < -0.39 is 0 Å². The smallest absolute Gasteiger partial charge is 0.137 e. The van der Waals surface area contributed by atoms with Crippen LogP contribution in [0.1, 0.15) is 34.5 Å². The molecule has 148 valence electrons. The van der Waals surface area contributed by atoms with E-state index in [2.05, 4.69) is 38.7 Å². The lowest BCUT2D eigenvalue weighted by molar-refractivity contribution is 0.418. The average Bonchev–Trinajstić information content (AvgIpc) is 2.72. The lowest BCUT2D eigenvalue weighted by atomic mass is 9.97. The second kappa shape index (κ2) is 8.19. The molecule has 0 spiro atoms. The number of halogens is 3. The van der Waals surface area contributed by atoms with E-state index in [9.17, 15) is 9.50 Å². The molecule has 0 saturated carbocycles. The van der Waals surface area contributed by atoms with E-state index in [0.29, 0.717) is 15.1 Å². The van der Waals surface area contributed by atoms with Gasteiger partial charge in [-0.05, 0) is 70.4 Å².